The summed E-state index contributed by atoms with van der Waals surface area (Å²) in [6, 6.07) is 28.6. The number of fused-ring (bicyclic) bond motifs is 1. The van der Waals surface area contributed by atoms with E-state index in [2.05, 4.69) is 64.5 Å². The zero-order valence-electron chi connectivity index (χ0n) is 19.4. The van der Waals surface area contributed by atoms with E-state index in [-0.39, 0.29) is 5.91 Å². The van der Waals surface area contributed by atoms with Gasteiger partial charge in [-0.25, -0.2) is 4.98 Å². The van der Waals surface area contributed by atoms with Crippen molar-refractivity contribution >= 4 is 22.5 Å². The van der Waals surface area contributed by atoms with Crippen LogP contribution >= 0.6 is 0 Å². The molecule has 0 unspecified atom stereocenters. The SMILES string of the molecule is Nc1cccc(-c2ccc(CC(=O)N3CCN(CCc4ccccc4)CC3)c3ccccc23)n1. The molecule has 172 valence electrons. The quantitative estimate of drug-likeness (QED) is 0.473. The number of hydrogen-bond acceptors (Lipinski definition) is 4. The van der Waals surface area contributed by atoms with Crippen LogP contribution in [0.1, 0.15) is 11.1 Å². The molecule has 1 amide bonds. The first kappa shape index (κ1) is 22.1. The highest BCUT2D eigenvalue weighted by Crippen LogP contribution is 2.30. The third kappa shape index (κ3) is 4.95. The van der Waals surface area contributed by atoms with Gasteiger partial charge in [-0.1, -0.05) is 72.8 Å². The number of benzene rings is 3. The largest absolute Gasteiger partial charge is 0.384 e. The lowest BCUT2D eigenvalue weighted by Gasteiger charge is -2.35. The predicted molar refractivity (Wildman–Crippen MR) is 138 cm³/mol. The monoisotopic (exact) mass is 450 g/mol. The van der Waals surface area contributed by atoms with Crippen LogP contribution in [-0.4, -0.2) is 53.4 Å². The summed E-state index contributed by atoms with van der Waals surface area (Å²) in [4.78, 5) is 22.1. The molecule has 5 nitrogen and oxygen atoms in total. The highest BCUT2D eigenvalue weighted by atomic mass is 16.2. The van der Waals surface area contributed by atoms with Crippen molar-refractivity contribution in [3.63, 3.8) is 0 Å². The molecule has 5 rings (SSSR count). The van der Waals surface area contributed by atoms with Crippen molar-refractivity contribution < 1.29 is 4.79 Å². The Balaban J connectivity index is 1.25. The summed E-state index contributed by atoms with van der Waals surface area (Å²) in [5.74, 6) is 0.700. The topological polar surface area (TPSA) is 62.5 Å². The number of nitrogen functional groups attached to an aromatic ring is 1. The Kier molecular flexibility index (Phi) is 6.54. The lowest BCUT2D eigenvalue weighted by Crippen LogP contribution is -2.49. The van der Waals surface area contributed by atoms with E-state index in [0.29, 0.717) is 12.2 Å². The van der Waals surface area contributed by atoms with Gasteiger partial charge in [0, 0.05) is 38.3 Å². The van der Waals surface area contributed by atoms with E-state index in [4.69, 9.17) is 5.73 Å². The molecule has 0 spiro atoms. The third-order valence-electron chi connectivity index (χ3n) is 6.69. The Labute approximate surface area is 200 Å². The summed E-state index contributed by atoms with van der Waals surface area (Å²) in [6.45, 7) is 4.47. The van der Waals surface area contributed by atoms with Gasteiger partial charge in [0.05, 0.1) is 12.1 Å². The first-order valence-corrected chi connectivity index (χ1v) is 11.9. The van der Waals surface area contributed by atoms with Gasteiger partial charge >= 0.3 is 0 Å². The van der Waals surface area contributed by atoms with Gasteiger partial charge in [-0.3, -0.25) is 9.69 Å². The molecule has 1 aliphatic heterocycles. The van der Waals surface area contributed by atoms with Crippen LogP contribution in [0.3, 0.4) is 0 Å². The molecule has 1 saturated heterocycles. The van der Waals surface area contributed by atoms with Crippen molar-refractivity contribution in [3.8, 4) is 11.3 Å². The average molecular weight is 451 g/mol. The Hall–Kier alpha value is -3.70. The second-order valence-corrected chi connectivity index (χ2v) is 8.90. The van der Waals surface area contributed by atoms with E-state index in [1.54, 1.807) is 6.07 Å². The van der Waals surface area contributed by atoms with Gasteiger partial charge in [0.25, 0.3) is 0 Å². The maximum Gasteiger partial charge on any atom is 0.227 e. The summed E-state index contributed by atoms with van der Waals surface area (Å²) in [5, 5.41) is 2.19. The maximum absolute atomic E-state index is 13.2. The summed E-state index contributed by atoms with van der Waals surface area (Å²) >= 11 is 0. The highest BCUT2D eigenvalue weighted by Gasteiger charge is 2.22. The molecule has 0 atom stereocenters. The Morgan fingerprint density at radius 3 is 2.29 bits per heavy atom. The number of carbonyl (C=O) groups is 1. The van der Waals surface area contributed by atoms with Crippen LogP contribution in [0.4, 0.5) is 5.82 Å². The fourth-order valence-corrected chi connectivity index (χ4v) is 4.77. The fourth-order valence-electron chi connectivity index (χ4n) is 4.77. The number of carbonyl (C=O) groups excluding carboxylic acids is 1. The van der Waals surface area contributed by atoms with Crippen LogP contribution in [0, 0.1) is 0 Å². The second-order valence-electron chi connectivity index (χ2n) is 8.90. The molecule has 0 radical (unpaired) electrons. The minimum Gasteiger partial charge on any atom is -0.384 e. The van der Waals surface area contributed by atoms with E-state index in [1.807, 2.05) is 29.2 Å². The van der Waals surface area contributed by atoms with Crippen LogP contribution in [0.25, 0.3) is 22.0 Å². The molecular weight excluding hydrogens is 420 g/mol. The second kappa shape index (κ2) is 10.1. The Bertz CT molecular complexity index is 1280. The number of amides is 1. The van der Waals surface area contributed by atoms with Crippen molar-refractivity contribution in [3.05, 3.63) is 96.1 Å². The van der Waals surface area contributed by atoms with Crippen molar-refractivity contribution in [2.75, 3.05) is 38.5 Å². The van der Waals surface area contributed by atoms with Crippen LogP contribution < -0.4 is 5.73 Å². The lowest BCUT2D eigenvalue weighted by molar-refractivity contribution is -0.132. The molecule has 2 N–H and O–H groups in total. The first-order valence-electron chi connectivity index (χ1n) is 11.9. The Morgan fingerprint density at radius 1 is 0.794 bits per heavy atom. The zero-order chi connectivity index (χ0) is 23.3. The van der Waals surface area contributed by atoms with Gasteiger partial charge in [-0.15, -0.1) is 0 Å². The van der Waals surface area contributed by atoms with Crippen molar-refractivity contribution in [2.45, 2.75) is 12.8 Å². The summed E-state index contributed by atoms with van der Waals surface area (Å²) in [5.41, 5.74) is 10.2. The number of piperazine rings is 1. The summed E-state index contributed by atoms with van der Waals surface area (Å²) < 4.78 is 0. The molecule has 0 bridgehead atoms. The molecule has 0 saturated carbocycles. The summed E-state index contributed by atoms with van der Waals surface area (Å²) in [7, 11) is 0. The zero-order valence-corrected chi connectivity index (χ0v) is 19.4. The highest BCUT2D eigenvalue weighted by molar-refractivity contribution is 5.99. The normalized spacial score (nSPS) is 14.4. The van der Waals surface area contributed by atoms with Crippen LogP contribution in [0.15, 0.2) is 84.9 Å². The van der Waals surface area contributed by atoms with Gasteiger partial charge in [0.15, 0.2) is 0 Å². The van der Waals surface area contributed by atoms with Crippen molar-refractivity contribution in [1.82, 2.24) is 14.8 Å². The van der Waals surface area contributed by atoms with Crippen LogP contribution in [-0.2, 0) is 17.6 Å². The molecular formula is C29H30N4O. The molecule has 1 aliphatic rings. The molecule has 0 aliphatic carbocycles. The van der Waals surface area contributed by atoms with Crippen LogP contribution in [0.2, 0.25) is 0 Å². The molecule has 4 aromatic rings. The fraction of sp³-hybridized carbons (Fsp3) is 0.241. The summed E-state index contributed by atoms with van der Waals surface area (Å²) in [6.07, 6.45) is 1.46. The molecule has 2 heterocycles. The number of anilines is 1. The number of nitrogens with two attached hydrogens (primary N) is 1. The number of rotatable bonds is 6. The van der Waals surface area contributed by atoms with E-state index in [1.165, 1.54) is 5.56 Å². The molecule has 34 heavy (non-hydrogen) atoms. The van der Waals surface area contributed by atoms with Gasteiger partial charge < -0.3 is 10.6 Å². The van der Waals surface area contributed by atoms with Gasteiger partial charge in [-0.2, -0.15) is 0 Å². The molecule has 3 aromatic carbocycles. The average Bonchev–Trinajstić information content (AvgIpc) is 2.88. The first-order chi connectivity index (χ1) is 16.7. The van der Waals surface area contributed by atoms with E-state index in [0.717, 1.165) is 66.7 Å². The lowest BCUT2D eigenvalue weighted by atomic mass is 9.95. The van der Waals surface area contributed by atoms with E-state index >= 15 is 0 Å². The minimum atomic E-state index is 0.197. The van der Waals surface area contributed by atoms with Crippen LogP contribution in [0.5, 0.6) is 0 Å². The number of hydrogen-bond donors (Lipinski definition) is 1. The smallest absolute Gasteiger partial charge is 0.227 e. The van der Waals surface area contributed by atoms with Gasteiger partial charge in [-0.05, 0) is 40.5 Å². The van der Waals surface area contributed by atoms with Crippen molar-refractivity contribution in [2.24, 2.45) is 0 Å². The minimum absolute atomic E-state index is 0.197. The standard InChI is InChI=1S/C29H30N4O/c30-28-12-6-11-27(31-28)26-14-13-23(24-9-4-5-10-25(24)26)21-29(34)33-19-17-32(18-20-33)16-15-22-7-2-1-3-8-22/h1-14H,15-21H2,(H2,30,31). The Morgan fingerprint density at radius 2 is 1.53 bits per heavy atom. The van der Waals surface area contributed by atoms with Gasteiger partial charge in [0.1, 0.15) is 5.82 Å². The molecule has 5 heteroatoms. The third-order valence-corrected chi connectivity index (χ3v) is 6.69. The van der Waals surface area contributed by atoms with Crippen molar-refractivity contribution in [1.29, 1.82) is 0 Å². The van der Waals surface area contributed by atoms with E-state index in [9.17, 15) is 4.79 Å². The molecule has 1 fully saturated rings. The number of aromatic nitrogens is 1. The molecule has 1 aromatic heterocycles. The maximum atomic E-state index is 13.2. The number of pyridine rings is 1. The number of nitrogens with zero attached hydrogens (tertiary/aromatic N) is 3. The van der Waals surface area contributed by atoms with Gasteiger partial charge in [0.2, 0.25) is 5.91 Å². The predicted octanol–water partition coefficient (Wildman–Crippen LogP) is 4.41. The van der Waals surface area contributed by atoms with E-state index < -0.39 is 0 Å².